The Morgan fingerprint density at radius 1 is 1.04 bits per heavy atom. The second kappa shape index (κ2) is 8.05. The van der Waals surface area contributed by atoms with Gasteiger partial charge in [-0.2, -0.15) is 0 Å². The first-order chi connectivity index (χ1) is 13.3. The molecular weight excluding hydrogens is 342 g/mol. The molecule has 138 valence electrons. The highest BCUT2D eigenvalue weighted by Gasteiger charge is 2.24. The zero-order valence-corrected chi connectivity index (χ0v) is 15.0. The molecule has 4 rings (SSSR count). The minimum Gasteiger partial charge on any atom is -0.461 e. The predicted molar refractivity (Wildman–Crippen MR) is 102 cm³/mol. The highest BCUT2D eigenvalue weighted by molar-refractivity contribution is 5.93. The number of piperazine rings is 1. The van der Waals surface area contributed by atoms with E-state index in [0.717, 1.165) is 19.6 Å². The Bertz CT molecular complexity index is 892. The smallest absolute Gasteiger partial charge is 0.276 e. The van der Waals surface area contributed by atoms with Crippen LogP contribution in [0.1, 0.15) is 16.1 Å². The monoisotopic (exact) mass is 363 g/mol. The molecule has 0 saturated carbocycles. The maximum Gasteiger partial charge on any atom is 0.276 e. The van der Waals surface area contributed by atoms with E-state index in [2.05, 4.69) is 34.3 Å². The minimum absolute atomic E-state index is 0.101. The summed E-state index contributed by atoms with van der Waals surface area (Å²) in [6.07, 6.45) is 5.86. The van der Waals surface area contributed by atoms with Crippen molar-refractivity contribution in [3.63, 3.8) is 0 Å². The Morgan fingerprint density at radius 2 is 1.85 bits per heavy atom. The van der Waals surface area contributed by atoms with Gasteiger partial charge in [0.15, 0.2) is 11.5 Å². The first kappa shape index (κ1) is 17.3. The van der Waals surface area contributed by atoms with Crippen molar-refractivity contribution in [2.45, 2.75) is 0 Å². The molecule has 0 aliphatic carbocycles. The van der Waals surface area contributed by atoms with Crippen LogP contribution in [-0.4, -0.2) is 53.6 Å². The summed E-state index contributed by atoms with van der Waals surface area (Å²) in [4.78, 5) is 16.8. The second-order valence-corrected chi connectivity index (χ2v) is 6.46. The zero-order chi connectivity index (χ0) is 18.5. The first-order valence-electron chi connectivity index (χ1n) is 9.03. The Hall–Kier alpha value is -3.12. The number of carbonyl (C=O) groups excluding carboxylic acids is 1. The van der Waals surface area contributed by atoms with Gasteiger partial charge in [-0.1, -0.05) is 47.6 Å². The normalized spacial score (nSPS) is 15.5. The van der Waals surface area contributed by atoms with Gasteiger partial charge >= 0.3 is 0 Å². The molecule has 1 fully saturated rings. The van der Waals surface area contributed by atoms with Gasteiger partial charge in [0.1, 0.15) is 0 Å². The summed E-state index contributed by atoms with van der Waals surface area (Å²) in [5.41, 5.74) is 1.52. The number of hydrogen-bond donors (Lipinski definition) is 0. The number of nitrogens with zero attached hydrogens (tertiary/aromatic N) is 3. The Morgan fingerprint density at radius 3 is 2.59 bits per heavy atom. The van der Waals surface area contributed by atoms with E-state index >= 15 is 0 Å². The molecule has 1 aliphatic heterocycles. The van der Waals surface area contributed by atoms with Crippen LogP contribution in [0.25, 0.3) is 17.6 Å². The summed E-state index contributed by atoms with van der Waals surface area (Å²) in [5, 5.41) is 3.90. The summed E-state index contributed by atoms with van der Waals surface area (Å²) in [6.45, 7) is 3.92. The number of furan rings is 1. The van der Waals surface area contributed by atoms with Crippen molar-refractivity contribution in [1.82, 2.24) is 15.0 Å². The van der Waals surface area contributed by atoms with E-state index in [1.54, 1.807) is 24.5 Å². The minimum atomic E-state index is -0.101. The summed E-state index contributed by atoms with van der Waals surface area (Å²) in [6, 6.07) is 15.4. The average Bonchev–Trinajstić information content (AvgIpc) is 3.41. The summed E-state index contributed by atoms with van der Waals surface area (Å²) < 4.78 is 10.5. The van der Waals surface area contributed by atoms with E-state index in [1.165, 1.54) is 5.56 Å². The van der Waals surface area contributed by atoms with Crippen molar-refractivity contribution in [3.8, 4) is 11.5 Å². The maximum absolute atomic E-state index is 12.6. The highest BCUT2D eigenvalue weighted by Crippen LogP contribution is 2.21. The van der Waals surface area contributed by atoms with Gasteiger partial charge in [-0.15, -0.1) is 0 Å². The second-order valence-electron chi connectivity index (χ2n) is 6.46. The molecule has 1 saturated heterocycles. The summed E-state index contributed by atoms with van der Waals surface area (Å²) in [7, 11) is 0. The fraction of sp³-hybridized carbons (Fsp3) is 0.238. The van der Waals surface area contributed by atoms with Crippen molar-refractivity contribution in [2.75, 3.05) is 32.7 Å². The zero-order valence-electron chi connectivity index (χ0n) is 15.0. The molecule has 0 radical (unpaired) electrons. The van der Waals surface area contributed by atoms with E-state index in [-0.39, 0.29) is 5.91 Å². The Kier molecular flexibility index (Phi) is 5.16. The number of benzene rings is 1. The van der Waals surface area contributed by atoms with E-state index in [4.69, 9.17) is 8.94 Å². The molecule has 1 aromatic carbocycles. The van der Waals surface area contributed by atoms with Crippen LogP contribution >= 0.6 is 0 Å². The van der Waals surface area contributed by atoms with Gasteiger partial charge in [0.25, 0.3) is 5.91 Å². The molecule has 0 spiro atoms. The van der Waals surface area contributed by atoms with Crippen LogP contribution in [0, 0.1) is 0 Å². The van der Waals surface area contributed by atoms with Crippen molar-refractivity contribution in [1.29, 1.82) is 0 Å². The molecule has 27 heavy (non-hydrogen) atoms. The van der Waals surface area contributed by atoms with Gasteiger partial charge in [-0.05, 0) is 17.7 Å². The van der Waals surface area contributed by atoms with Crippen LogP contribution in [0.5, 0.6) is 0 Å². The van der Waals surface area contributed by atoms with E-state index < -0.39 is 0 Å². The van der Waals surface area contributed by atoms with Gasteiger partial charge in [0, 0.05) is 38.8 Å². The third-order valence-electron chi connectivity index (χ3n) is 4.63. The van der Waals surface area contributed by atoms with Crippen LogP contribution in [0.15, 0.2) is 69.8 Å². The predicted octanol–water partition coefficient (Wildman–Crippen LogP) is 3.41. The van der Waals surface area contributed by atoms with Crippen LogP contribution in [0.3, 0.4) is 0 Å². The van der Waals surface area contributed by atoms with Crippen LogP contribution < -0.4 is 0 Å². The molecule has 0 bridgehead atoms. The van der Waals surface area contributed by atoms with Gasteiger partial charge in [-0.3, -0.25) is 9.69 Å². The molecule has 1 aliphatic rings. The Labute approximate surface area is 157 Å². The highest BCUT2D eigenvalue weighted by atomic mass is 16.5. The average molecular weight is 363 g/mol. The van der Waals surface area contributed by atoms with E-state index in [9.17, 15) is 4.79 Å². The largest absolute Gasteiger partial charge is 0.461 e. The number of hydrogen-bond acceptors (Lipinski definition) is 5. The first-order valence-corrected chi connectivity index (χ1v) is 9.03. The lowest BCUT2D eigenvalue weighted by Crippen LogP contribution is -2.48. The van der Waals surface area contributed by atoms with E-state index in [0.29, 0.717) is 30.3 Å². The molecule has 0 atom stereocenters. The Balaban J connectivity index is 1.29. The third kappa shape index (κ3) is 4.17. The fourth-order valence-corrected chi connectivity index (χ4v) is 3.11. The molecule has 6 heteroatoms. The lowest BCUT2D eigenvalue weighted by molar-refractivity contribution is 0.0640. The molecule has 0 N–H and O–H groups in total. The molecule has 0 unspecified atom stereocenters. The molecule has 3 aromatic rings. The molecular formula is C21H21N3O3. The number of rotatable bonds is 5. The van der Waals surface area contributed by atoms with Crippen molar-refractivity contribution in [2.24, 2.45) is 0 Å². The number of aromatic nitrogens is 1. The maximum atomic E-state index is 12.6. The lowest BCUT2D eigenvalue weighted by atomic mass is 10.2. The fourth-order valence-electron chi connectivity index (χ4n) is 3.11. The van der Waals surface area contributed by atoms with Crippen LogP contribution in [0.4, 0.5) is 0 Å². The van der Waals surface area contributed by atoms with E-state index in [1.807, 2.05) is 23.1 Å². The van der Waals surface area contributed by atoms with Gasteiger partial charge in [-0.25, -0.2) is 0 Å². The van der Waals surface area contributed by atoms with Crippen LogP contribution in [0.2, 0.25) is 0 Å². The topological polar surface area (TPSA) is 62.7 Å². The van der Waals surface area contributed by atoms with Gasteiger partial charge < -0.3 is 13.8 Å². The summed E-state index contributed by atoms with van der Waals surface area (Å²) >= 11 is 0. The van der Waals surface area contributed by atoms with Crippen molar-refractivity contribution in [3.05, 3.63) is 72.1 Å². The molecule has 3 heterocycles. The molecule has 6 nitrogen and oxygen atoms in total. The number of amides is 1. The summed E-state index contributed by atoms with van der Waals surface area (Å²) in [5.74, 6) is 0.931. The molecule has 2 aromatic heterocycles. The SMILES string of the molecule is O=C(c1cc(-c2ccco2)on1)N1CCN(C/C=C/c2ccccc2)CC1. The van der Waals surface area contributed by atoms with Crippen molar-refractivity contribution < 1.29 is 13.7 Å². The van der Waals surface area contributed by atoms with Gasteiger partial charge in [0.05, 0.1) is 6.26 Å². The lowest BCUT2D eigenvalue weighted by Gasteiger charge is -2.33. The van der Waals surface area contributed by atoms with Crippen molar-refractivity contribution >= 4 is 12.0 Å². The third-order valence-corrected chi connectivity index (χ3v) is 4.63. The van der Waals surface area contributed by atoms with Crippen LogP contribution in [-0.2, 0) is 0 Å². The number of carbonyl (C=O) groups is 1. The van der Waals surface area contributed by atoms with Gasteiger partial charge in [0.2, 0.25) is 5.76 Å². The molecule has 1 amide bonds. The standard InChI is InChI=1S/C21H21N3O3/c25-21(18-16-20(27-22-18)19-9-5-15-26-19)24-13-11-23(12-14-24)10-4-8-17-6-2-1-3-7-17/h1-9,15-16H,10-14H2/b8-4+. The quantitative estimate of drug-likeness (QED) is 0.695.